The van der Waals surface area contributed by atoms with Gasteiger partial charge >= 0.3 is 12.5 Å². The molecule has 0 fully saturated rings. The SMILES string of the molecule is C[N+](C)=COP(=O)(Cl)Cl.[Cl-]. The lowest BCUT2D eigenvalue weighted by Gasteiger charge is -1.94. The molecule has 62 valence electrons. The highest BCUT2D eigenvalue weighted by molar-refractivity contribution is 8.05. The zero-order valence-electron chi connectivity index (χ0n) is 5.42. The zero-order valence-corrected chi connectivity index (χ0v) is 8.58. The summed E-state index contributed by atoms with van der Waals surface area (Å²) in [6, 6.07) is 0. The van der Waals surface area contributed by atoms with E-state index in [2.05, 4.69) is 4.52 Å². The molecule has 0 bridgehead atoms. The van der Waals surface area contributed by atoms with Gasteiger partial charge in [0.05, 0.1) is 0 Å². The van der Waals surface area contributed by atoms with E-state index in [1.165, 1.54) is 11.0 Å². The fourth-order valence-electron chi connectivity index (χ4n) is 0.149. The first-order valence-electron chi connectivity index (χ1n) is 2.09. The van der Waals surface area contributed by atoms with Gasteiger partial charge in [0, 0.05) is 22.5 Å². The maximum Gasteiger partial charge on any atom is 0.431 e. The Kier molecular flexibility index (Phi) is 6.92. The predicted molar refractivity (Wildman–Crippen MR) is 38.6 cm³/mol. The minimum Gasteiger partial charge on any atom is -1.00 e. The third-order valence-electron chi connectivity index (χ3n) is 0.381. The lowest BCUT2D eigenvalue weighted by atomic mass is 11.1. The zero-order chi connectivity index (χ0) is 7.49. The Bertz CT molecular complexity index is 161. The van der Waals surface area contributed by atoms with Crippen LogP contribution in [0.3, 0.4) is 0 Å². The van der Waals surface area contributed by atoms with E-state index in [1.807, 2.05) is 0 Å². The standard InChI is InChI=1S/C3H7Cl2NO2P.ClH/c1-6(2)3-8-9(4,5)7;/h3H,1-2H3;1H/q+1;/p-1. The molecule has 0 aliphatic rings. The van der Waals surface area contributed by atoms with E-state index >= 15 is 0 Å². The van der Waals surface area contributed by atoms with Gasteiger partial charge in [-0.05, 0) is 0 Å². The summed E-state index contributed by atoms with van der Waals surface area (Å²) < 4.78 is 16.3. The Balaban J connectivity index is 0. The first-order valence-corrected chi connectivity index (χ1v) is 5.53. The van der Waals surface area contributed by atoms with Crippen molar-refractivity contribution in [3.8, 4) is 0 Å². The second kappa shape index (κ2) is 5.25. The molecule has 0 radical (unpaired) electrons. The lowest BCUT2D eigenvalue weighted by molar-refractivity contribution is -0.466. The second-order valence-corrected chi connectivity index (χ2v) is 5.82. The maximum absolute atomic E-state index is 10.4. The monoisotopic (exact) mass is 225 g/mol. The highest BCUT2D eigenvalue weighted by Crippen LogP contribution is 2.56. The normalized spacial score (nSPS) is 9.60. The quantitative estimate of drug-likeness (QED) is 0.259. The van der Waals surface area contributed by atoms with Gasteiger partial charge in [0.15, 0.2) is 0 Å². The Morgan fingerprint density at radius 2 is 1.90 bits per heavy atom. The lowest BCUT2D eigenvalue weighted by Crippen LogP contribution is -3.00. The van der Waals surface area contributed by atoms with Crippen LogP contribution in [0.5, 0.6) is 0 Å². The van der Waals surface area contributed by atoms with E-state index in [9.17, 15) is 4.57 Å². The van der Waals surface area contributed by atoms with Crippen LogP contribution >= 0.6 is 28.6 Å². The summed E-state index contributed by atoms with van der Waals surface area (Å²) in [5, 5.41) is 0. The van der Waals surface area contributed by atoms with Crippen molar-refractivity contribution in [2.75, 3.05) is 14.1 Å². The van der Waals surface area contributed by atoms with Crippen molar-refractivity contribution in [3.63, 3.8) is 0 Å². The van der Waals surface area contributed by atoms with Gasteiger partial charge in [-0.15, -0.1) is 0 Å². The number of halogens is 3. The van der Waals surface area contributed by atoms with E-state index in [1.54, 1.807) is 14.1 Å². The first kappa shape index (κ1) is 13.2. The number of hydrogen-bond donors (Lipinski definition) is 0. The van der Waals surface area contributed by atoms with Crippen LogP contribution in [0, 0.1) is 0 Å². The van der Waals surface area contributed by atoms with Crippen molar-refractivity contribution in [2.24, 2.45) is 0 Å². The molecule has 0 aromatic heterocycles. The molecule has 0 saturated heterocycles. The molecule has 0 aromatic rings. The average Bonchev–Trinajstić information content (AvgIpc) is 1.59. The minimum absolute atomic E-state index is 0. The topological polar surface area (TPSA) is 29.3 Å². The minimum atomic E-state index is -3.37. The fraction of sp³-hybridized carbons (Fsp3) is 0.667. The van der Waals surface area contributed by atoms with E-state index in [0.717, 1.165) is 0 Å². The molecule has 0 atom stereocenters. The van der Waals surface area contributed by atoms with Crippen LogP contribution in [-0.2, 0) is 9.09 Å². The predicted octanol–water partition coefficient (Wildman–Crippen LogP) is -1.11. The van der Waals surface area contributed by atoms with Gasteiger partial charge < -0.3 is 16.9 Å². The average molecular weight is 226 g/mol. The van der Waals surface area contributed by atoms with Crippen molar-refractivity contribution >= 4 is 35.0 Å². The number of hydrogen-bond acceptors (Lipinski definition) is 2. The number of rotatable bonds is 2. The molecule has 0 aliphatic heterocycles. The molecule has 3 nitrogen and oxygen atoms in total. The molecule has 7 heteroatoms. The molecular weight excluding hydrogens is 219 g/mol. The van der Waals surface area contributed by atoms with Crippen LogP contribution < -0.4 is 12.4 Å². The summed E-state index contributed by atoms with van der Waals surface area (Å²) in [7, 11) is 3.40. The van der Waals surface area contributed by atoms with Crippen molar-refractivity contribution < 1.29 is 26.1 Å². The smallest absolute Gasteiger partial charge is 0.431 e. The van der Waals surface area contributed by atoms with Gasteiger partial charge in [-0.1, -0.05) is 0 Å². The highest BCUT2D eigenvalue weighted by Gasteiger charge is 2.14. The Labute approximate surface area is 75.4 Å². The van der Waals surface area contributed by atoms with Crippen LogP contribution in [0.25, 0.3) is 0 Å². The van der Waals surface area contributed by atoms with Crippen LogP contribution in [-0.4, -0.2) is 25.1 Å². The largest absolute Gasteiger partial charge is 1.00 e. The summed E-state index contributed by atoms with van der Waals surface area (Å²) in [5.41, 5.74) is 0. The third kappa shape index (κ3) is 11.4. The molecule has 0 rings (SSSR count). The molecule has 0 aliphatic carbocycles. The molecule has 0 N–H and O–H groups in total. The van der Waals surface area contributed by atoms with Crippen molar-refractivity contribution in [3.05, 3.63) is 0 Å². The summed E-state index contributed by atoms with van der Waals surface area (Å²) in [6.45, 7) is 0. The van der Waals surface area contributed by atoms with Gasteiger partial charge in [0.2, 0.25) is 0 Å². The Morgan fingerprint density at radius 1 is 1.50 bits per heavy atom. The summed E-state index contributed by atoms with van der Waals surface area (Å²) in [4.78, 5) is 0. The third-order valence-corrected chi connectivity index (χ3v) is 1.20. The molecule has 0 saturated carbocycles. The van der Waals surface area contributed by atoms with Crippen molar-refractivity contribution in [2.45, 2.75) is 0 Å². The van der Waals surface area contributed by atoms with Crippen LogP contribution in [0.1, 0.15) is 0 Å². The molecule has 10 heavy (non-hydrogen) atoms. The van der Waals surface area contributed by atoms with Gasteiger partial charge in [-0.2, -0.15) is 0 Å². The highest BCUT2D eigenvalue weighted by atomic mass is 35.9. The molecule has 0 unspecified atom stereocenters. The summed E-state index contributed by atoms with van der Waals surface area (Å²) >= 11 is 10.0. The molecular formula is C3H7Cl3NO2P. The van der Waals surface area contributed by atoms with Gasteiger partial charge in [-0.3, -0.25) is 0 Å². The Hall–Kier alpha value is 0.570. The van der Waals surface area contributed by atoms with Gasteiger partial charge in [-0.25, -0.2) is 9.14 Å². The Morgan fingerprint density at radius 3 is 2.00 bits per heavy atom. The van der Waals surface area contributed by atoms with E-state index < -0.39 is 6.07 Å². The molecule has 0 spiro atoms. The van der Waals surface area contributed by atoms with E-state index in [4.69, 9.17) is 22.5 Å². The first-order chi connectivity index (χ1) is 3.92. The molecule has 0 amide bonds. The fourth-order valence-corrected chi connectivity index (χ4v) is 0.661. The van der Waals surface area contributed by atoms with Crippen LogP contribution in [0.4, 0.5) is 0 Å². The van der Waals surface area contributed by atoms with Crippen molar-refractivity contribution in [1.29, 1.82) is 0 Å². The van der Waals surface area contributed by atoms with Crippen molar-refractivity contribution in [1.82, 2.24) is 0 Å². The number of nitrogens with zero attached hydrogens (tertiary/aromatic N) is 1. The summed E-state index contributed by atoms with van der Waals surface area (Å²) in [6.07, 6.45) is -2.19. The van der Waals surface area contributed by atoms with Crippen LogP contribution in [0.2, 0.25) is 0 Å². The van der Waals surface area contributed by atoms with Gasteiger partial charge in [0.1, 0.15) is 14.1 Å². The second-order valence-electron chi connectivity index (χ2n) is 1.59. The van der Waals surface area contributed by atoms with Gasteiger partial charge in [0.25, 0.3) is 0 Å². The summed E-state index contributed by atoms with van der Waals surface area (Å²) in [5.74, 6) is 0. The molecule has 0 heterocycles. The maximum atomic E-state index is 10.4. The van der Waals surface area contributed by atoms with Crippen LogP contribution in [0.15, 0.2) is 0 Å². The van der Waals surface area contributed by atoms with E-state index in [-0.39, 0.29) is 12.4 Å². The molecule has 0 aromatic carbocycles. The van der Waals surface area contributed by atoms with E-state index in [0.29, 0.717) is 0 Å².